The monoisotopic (exact) mass is 277 g/mol. The molecule has 0 aromatic heterocycles. The number of esters is 1. The van der Waals surface area contributed by atoms with Gasteiger partial charge < -0.3 is 9.94 Å². The summed E-state index contributed by atoms with van der Waals surface area (Å²) in [5, 5.41) is 11.8. The normalized spacial score (nSPS) is 19.8. The van der Waals surface area contributed by atoms with Gasteiger partial charge in [0.1, 0.15) is 0 Å². The van der Waals surface area contributed by atoms with Crippen LogP contribution >= 0.6 is 0 Å². The van der Waals surface area contributed by atoms with Gasteiger partial charge in [0.25, 0.3) is 0 Å². The predicted octanol–water partition coefficient (Wildman–Crippen LogP) is 3.35. The van der Waals surface area contributed by atoms with Gasteiger partial charge in [-0.15, -0.1) is 0 Å². The first kappa shape index (κ1) is 15.0. The van der Waals surface area contributed by atoms with Crippen molar-refractivity contribution in [3.05, 3.63) is 34.4 Å². The molecule has 4 heteroatoms. The van der Waals surface area contributed by atoms with Crippen molar-refractivity contribution in [1.82, 2.24) is 5.06 Å². The number of hydrogen-bond donors (Lipinski definition) is 1. The van der Waals surface area contributed by atoms with Gasteiger partial charge >= 0.3 is 5.97 Å². The predicted molar refractivity (Wildman–Crippen MR) is 76.8 cm³/mol. The molecule has 1 aromatic rings. The van der Waals surface area contributed by atoms with Crippen LogP contribution in [0.5, 0.6) is 0 Å². The van der Waals surface area contributed by atoms with Gasteiger partial charge in [0.15, 0.2) is 0 Å². The van der Waals surface area contributed by atoms with Gasteiger partial charge in [-0.1, -0.05) is 6.07 Å². The van der Waals surface area contributed by atoms with Gasteiger partial charge in [-0.25, -0.2) is 4.79 Å². The molecule has 0 saturated heterocycles. The van der Waals surface area contributed by atoms with Gasteiger partial charge in [-0.2, -0.15) is 5.06 Å². The number of carbonyl (C=O) groups is 1. The molecule has 0 radical (unpaired) electrons. The maximum absolute atomic E-state index is 12.0. The van der Waals surface area contributed by atoms with Gasteiger partial charge in [0.05, 0.1) is 23.2 Å². The molecule has 20 heavy (non-hydrogen) atoms. The summed E-state index contributed by atoms with van der Waals surface area (Å²) >= 11 is 0. The molecule has 1 heterocycles. The van der Waals surface area contributed by atoms with E-state index >= 15 is 0 Å². The number of fused-ring (bicyclic) bond motifs is 1. The Morgan fingerprint density at radius 2 is 1.70 bits per heavy atom. The van der Waals surface area contributed by atoms with Gasteiger partial charge in [-0.05, 0) is 64.3 Å². The minimum Gasteiger partial charge on any atom is -0.462 e. The van der Waals surface area contributed by atoms with Crippen molar-refractivity contribution in [3.63, 3.8) is 0 Å². The first-order chi connectivity index (χ1) is 9.14. The van der Waals surface area contributed by atoms with E-state index < -0.39 is 11.1 Å². The lowest BCUT2D eigenvalue weighted by molar-refractivity contribution is -0.216. The molecule has 0 saturated carbocycles. The standard InChI is InChI=1S/C16H23NO3/c1-7-20-14(18)11-9-13-12(8-10(11)2)15(3,4)17(19)16(13,5)6/h8-9,19H,7H2,1-6H3. The van der Waals surface area contributed by atoms with Crippen molar-refractivity contribution in [2.75, 3.05) is 6.61 Å². The van der Waals surface area contributed by atoms with Crippen molar-refractivity contribution in [3.8, 4) is 0 Å². The summed E-state index contributed by atoms with van der Waals surface area (Å²) in [6, 6.07) is 3.85. The smallest absolute Gasteiger partial charge is 0.338 e. The van der Waals surface area contributed by atoms with Crippen LogP contribution in [0.2, 0.25) is 0 Å². The lowest BCUT2D eigenvalue weighted by atomic mass is 9.87. The Labute approximate surface area is 120 Å². The van der Waals surface area contributed by atoms with E-state index in [0.29, 0.717) is 12.2 Å². The number of carbonyl (C=O) groups excluding carboxylic acids is 1. The molecular formula is C16H23NO3. The van der Waals surface area contributed by atoms with Crippen LogP contribution in [0.4, 0.5) is 0 Å². The third kappa shape index (κ3) is 1.95. The highest BCUT2D eigenvalue weighted by molar-refractivity contribution is 5.91. The minimum atomic E-state index is -0.534. The quantitative estimate of drug-likeness (QED) is 0.842. The highest BCUT2D eigenvalue weighted by Crippen LogP contribution is 2.48. The number of benzene rings is 1. The zero-order valence-corrected chi connectivity index (χ0v) is 13.1. The number of hydrogen-bond acceptors (Lipinski definition) is 4. The van der Waals surface area contributed by atoms with Crippen LogP contribution in [-0.4, -0.2) is 22.8 Å². The molecule has 4 nitrogen and oxygen atoms in total. The Bertz CT molecular complexity index is 561. The highest BCUT2D eigenvalue weighted by atomic mass is 16.5. The summed E-state index contributed by atoms with van der Waals surface area (Å²) in [4.78, 5) is 12.0. The van der Waals surface area contributed by atoms with E-state index in [-0.39, 0.29) is 5.97 Å². The van der Waals surface area contributed by atoms with Crippen LogP contribution in [0.3, 0.4) is 0 Å². The number of hydroxylamine groups is 2. The second kappa shape index (κ2) is 4.57. The molecular weight excluding hydrogens is 254 g/mol. The molecule has 110 valence electrons. The molecule has 0 spiro atoms. The third-order valence-corrected chi connectivity index (χ3v) is 4.24. The van der Waals surface area contributed by atoms with E-state index in [2.05, 4.69) is 0 Å². The Morgan fingerprint density at radius 1 is 1.20 bits per heavy atom. The van der Waals surface area contributed by atoms with E-state index in [1.54, 1.807) is 6.92 Å². The van der Waals surface area contributed by atoms with Crippen LogP contribution in [0, 0.1) is 6.92 Å². The Hall–Kier alpha value is -1.39. The van der Waals surface area contributed by atoms with Crippen molar-refractivity contribution >= 4 is 5.97 Å². The summed E-state index contributed by atoms with van der Waals surface area (Å²) in [5.74, 6) is -0.308. The molecule has 1 aliphatic rings. The van der Waals surface area contributed by atoms with Crippen molar-refractivity contribution in [2.45, 2.75) is 52.6 Å². The van der Waals surface area contributed by atoms with Gasteiger partial charge in [0.2, 0.25) is 0 Å². The van der Waals surface area contributed by atoms with E-state index in [4.69, 9.17) is 4.74 Å². The molecule has 0 aliphatic carbocycles. The van der Waals surface area contributed by atoms with Crippen LogP contribution in [0.15, 0.2) is 12.1 Å². The molecule has 0 amide bonds. The lowest BCUT2D eigenvalue weighted by Gasteiger charge is -2.34. The number of nitrogens with zero attached hydrogens (tertiary/aromatic N) is 1. The largest absolute Gasteiger partial charge is 0.462 e. The summed E-state index contributed by atoms with van der Waals surface area (Å²) in [5.41, 5.74) is 2.46. The average Bonchev–Trinajstić information content (AvgIpc) is 2.48. The Kier molecular flexibility index (Phi) is 3.43. The fraction of sp³-hybridized carbons (Fsp3) is 0.562. The third-order valence-electron chi connectivity index (χ3n) is 4.24. The van der Waals surface area contributed by atoms with E-state index in [0.717, 1.165) is 16.7 Å². The second-order valence-corrected chi connectivity index (χ2v) is 6.36. The van der Waals surface area contributed by atoms with Crippen molar-refractivity contribution < 1.29 is 14.7 Å². The first-order valence-electron chi connectivity index (χ1n) is 6.96. The van der Waals surface area contributed by atoms with E-state index in [9.17, 15) is 10.0 Å². The van der Waals surface area contributed by atoms with Crippen LogP contribution < -0.4 is 0 Å². The average molecular weight is 277 g/mol. The molecule has 2 rings (SSSR count). The zero-order valence-electron chi connectivity index (χ0n) is 13.1. The Balaban J connectivity index is 2.63. The molecule has 1 aromatic carbocycles. The van der Waals surface area contributed by atoms with Gasteiger partial charge in [0, 0.05) is 0 Å². The topological polar surface area (TPSA) is 49.8 Å². The van der Waals surface area contributed by atoms with Crippen molar-refractivity contribution in [2.24, 2.45) is 0 Å². The molecule has 0 bridgehead atoms. The molecule has 0 atom stereocenters. The molecule has 0 fully saturated rings. The SMILES string of the molecule is CCOC(=O)c1cc2c(cc1C)C(C)(C)N(O)C2(C)C. The minimum absolute atomic E-state index is 0.308. The van der Waals surface area contributed by atoms with Crippen LogP contribution in [0.25, 0.3) is 0 Å². The summed E-state index contributed by atoms with van der Waals surface area (Å²) in [7, 11) is 0. The van der Waals surface area contributed by atoms with Gasteiger partial charge in [-0.3, -0.25) is 0 Å². The number of rotatable bonds is 2. The fourth-order valence-corrected chi connectivity index (χ4v) is 3.08. The summed E-state index contributed by atoms with van der Waals surface area (Å²) < 4.78 is 5.10. The molecule has 1 N–H and O–H groups in total. The number of aryl methyl sites for hydroxylation is 1. The summed E-state index contributed by atoms with van der Waals surface area (Å²) in [6.45, 7) is 11.9. The second-order valence-electron chi connectivity index (χ2n) is 6.36. The van der Waals surface area contributed by atoms with Crippen molar-refractivity contribution in [1.29, 1.82) is 0 Å². The van der Waals surface area contributed by atoms with E-state index in [1.165, 1.54) is 5.06 Å². The van der Waals surface area contributed by atoms with Crippen LogP contribution in [0.1, 0.15) is 61.7 Å². The summed E-state index contributed by atoms with van der Waals surface area (Å²) in [6.07, 6.45) is 0. The molecule has 1 aliphatic heterocycles. The van der Waals surface area contributed by atoms with Crippen LogP contribution in [-0.2, 0) is 15.8 Å². The highest BCUT2D eigenvalue weighted by Gasteiger charge is 2.49. The zero-order chi connectivity index (χ0) is 15.3. The first-order valence-corrected chi connectivity index (χ1v) is 6.96. The maximum atomic E-state index is 12.0. The Morgan fingerprint density at radius 3 is 2.20 bits per heavy atom. The molecule has 0 unspecified atom stereocenters. The lowest BCUT2D eigenvalue weighted by Crippen LogP contribution is -2.42. The number of ether oxygens (including phenoxy) is 1. The maximum Gasteiger partial charge on any atom is 0.338 e. The fourth-order valence-electron chi connectivity index (χ4n) is 3.08. The van der Waals surface area contributed by atoms with E-state index in [1.807, 2.05) is 46.8 Å².